The third kappa shape index (κ3) is 3.58. The number of nitrogens with two attached hydrogens (primary N) is 1. The van der Waals surface area contributed by atoms with Crippen molar-refractivity contribution in [3.05, 3.63) is 39.9 Å². The minimum absolute atomic E-state index is 0.0222. The number of piperidine rings is 1. The van der Waals surface area contributed by atoms with Crippen LogP contribution in [-0.2, 0) is 4.79 Å². The van der Waals surface area contributed by atoms with E-state index in [0.717, 1.165) is 25.9 Å². The molecule has 1 aromatic carbocycles. The number of carbonyl (C=O) groups is 1. The number of hydrogen-bond acceptors (Lipinski definition) is 4. The van der Waals surface area contributed by atoms with Crippen molar-refractivity contribution in [1.29, 1.82) is 0 Å². The molecule has 114 valence electrons. The highest BCUT2D eigenvalue weighted by Gasteiger charge is 2.26. The first kappa shape index (κ1) is 15.4. The van der Waals surface area contributed by atoms with Crippen LogP contribution in [0, 0.1) is 16.0 Å². The summed E-state index contributed by atoms with van der Waals surface area (Å²) in [6.07, 6.45) is 1.87. The van der Waals surface area contributed by atoms with Gasteiger partial charge < -0.3 is 10.6 Å². The first-order chi connectivity index (χ1) is 10.0. The van der Waals surface area contributed by atoms with E-state index in [9.17, 15) is 14.9 Å². The first-order valence-electron chi connectivity index (χ1n) is 7.26. The van der Waals surface area contributed by atoms with Crippen molar-refractivity contribution in [1.82, 2.24) is 4.90 Å². The minimum Gasteiger partial charge on any atom is -0.342 e. The van der Waals surface area contributed by atoms with Gasteiger partial charge in [0.2, 0.25) is 5.91 Å². The third-order valence-electron chi connectivity index (χ3n) is 4.21. The molecular weight excluding hydrogens is 270 g/mol. The Morgan fingerprint density at radius 1 is 1.48 bits per heavy atom. The molecule has 1 aliphatic heterocycles. The number of amides is 1. The minimum atomic E-state index is -0.437. The predicted octanol–water partition coefficient (Wildman–Crippen LogP) is 1.90. The molecule has 6 nitrogen and oxygen atoms in total. The highest BCUT2D eigenvalue weighted by molar-refractivity contribution is 5.83. The molecule has 0 aromatic heterocycles. The van der Waals surface area contributed by atoms with Crippen LogP contribution in [0.15, 0.2) is 24.3 Å². The number of carbonyl (C=O) groups excluding carboxylic acids is 1. The van der Waals surface area contributed by atoms with Crippen molar-refractivity contribution in [2.24, 2.45) is 11.7 Å². The van der Waals surface area contributed by atoms with Gasteiger partial charge in [0, 0.05) is 25.2 Å². The second kappa shape index (κ2) is 6.67. The zero-order valence-electron chi connectivity index (χ0n) is 12.2. The number of nitro benzene ring substituents is 1. The molecule has 21 heavy (non-hydrogen) atoms. The Balaban J connectivity index is 2.06. The van der Waals surface area contributed by atoms with Gasteiger partial charge >= 0.3 is 0 Å². The maximum Gasteiger partial charge on any atom is 0.269 e. The molecule has 2 rings (SSSR count). The van der Waals surface area contributed by atoms with Crippen molar-refractivity contribution in [3.8, 4) is 0 Å². The molecular formula is C15H21N3O3. The van der Waals surface area contributed by atoms with Crippen LogP contribution < -0.4 is 5.73 Å². The molecule has 1 atom stereocenters. The molecule has 6 heteroatoms. The fourth-order valence-corrected chi connectivity index (χ4v) is 2.71. The smallest absolute Gasteiger partial charge is 0.269 e. The monoisotopic (exact) mass is 291 g/mol. The van der Waals surface area contributed by atoms with Crippen LogP contribution in [0.2, 0.25) is 0 Å². The van der Waals surface area contributed by atoms with Crippen molar-refractivity contribution < 1.29 is 9.72 Å². The normalized spacial score (nSPS) is 17.5. The highest BCUT2D eigenvalue weighted by Crippen LogP contribution is 2.25. The lowest BCUT2D eigenvalue weighted by Crippen LogP contribution is -2.41. The average Bonchev–Trinajstić information content (AvgIpc) is 2.53. The number of rotatable bonds is 4. The van der Waals surface area contributed by atoms with Crippen molar-refractivity contribution in [2.75, 3.05) is 19.6 Å². The van der Waals surface area contributed by atoms with E-state index in [1.165, 1.54) is 12.1 Å². The number of likely N-dealkylation sites (tertiary alicyclic amines) is 1. The van der Waals surface area contributed by atoms with Crippen molar-refractivity contribution in [2.45, 2.75) is 25.7 Å². The summed E-state index contributed by atoms with van der Waals surface area (Å²) in [5.41, 5.74) is 6.37. The molecule has 1 amide bonds. The Kier molecular flexibility index (Phi) is 4.90. The molecule has 0 bridgehead atoms. The molecule has 0 aliphatic carbocycles. The average molecular weight is 291 g/mol. The van der Waals surface area contributed by atoms with Crippen LogP contribution in [0.5, 0.6) is 0 Å². The summed E-state index contributed by atoms with van der Waals surface area (Å²) in [6.45, 7) is 3.92. The van der Waals surface area contributed by atoms with E-state index >= 15 is 0 Å². The Morgan fingerprint density at radius 2 is 2.14 bits per heavy atom. The predicted molar refractivity (Wildman–Crippen MR) is 79.9 cm³/mol. The number of nitrogens with zero attached hydrogens (tertiary/aromatic N) is 2. The van der Waals surface area contributed by atoms with Crippen LogP contribution in [0.4, 0.5) is 5.69 Å². The van der Waals surface area contributed by atoms with Gasteiger partial charge in [-0.25, -0.2) is 0 Å². The van der Waals surface area contributed by atoms with E-state index in [-0.39, 0.29) is 17.5 Å². The van der Waals surface area contributed by atoms with Gasteiger partial charge in [-0.2, -0.15) is 0 Å². The summed E-state index contributed by atoms with van der Waals surface area (Å²) in [4.78, 5) is 24.7. The Hall–Kier alpha value is -1.95. The first-order valence-corrected chi connectivity index (χ1v) is 7.26. The standard InChI is InChI=1S/C15H21N3O3/c1-11(13-3-2-4-14(9-13)18(20)21)15(19)17-7-5-12(10-16)6-8-17/h2-4,9,11-12H,5-8,10,16H2,1H3. The van der Waals surface area contributed by atoms with Gasteiger partial charge in [-0.15, -0.1) is 0 Å². The summed E-state index contributed by atoms with van der Waals surface area (Å²) < 4.78 is 0. The zero-order chi connectivity index (χ0) is 15.4. The fourth-order valence-electron chi connectivity index (χ4n) is 2.71. The molecule has 1 unspecified atom stereocenters. The van der Waals surface area contributed by atoms with Gasteiger partial charge in [-0.3, -0.25) is 14.9 Å². The fraction of sp³-hybridized carbons (Fsp3) is 0.533. The summed E-state index contributed by atoms with van der Waals surface area (Å²) in [7, 11) is 0. The molecule has 0 radical (unpaired) electrons. The van der Waals surface area contributed by atoms with Gasteiger partial charge in [0.15, 0.2) is 0 Å². The second-order valence-corrected chi connectivity index (χ2v) is 5.58. The van der Waals surface area contributed by atoms with Crippen LogP contribution in [0.1, 0.15) is 31.2 Å². The number of benzene rings is 1. The molecule has 1 heterocycles. The van der Waals surface area contributed by atoms with Gasteiger partial charge in [0.05, 0.1) is 10.8 Å². The van der Waals surface area contributed by atoms with E-state index in [0.29, 0.717) is 18.0 Å². The Labute approximate surface area is 124 Å². The molecule has 1 saturated heterocycles. The topological polar surface area (TPSA) is 89.5 Å². The highest BCUT2D eigenvalue weighted by atomic mass is 16.6. The molecule has 1 fully saturated rings. The van der Waals surface area contributed by atoms with Gasteiger partial charge in [0.25, 0.3) is 5.69 Å². The zero-order valence-corrected chi connectivity index (χ0v) is 12.2. The van der Waals surface area contributed by atoms with Crippen LogP contribution >= 0.6 is 0 Å². The van der Waals surface area contributed by atoms with E-state index < -0.39 is 4.92 Å². The van der Waals surface area contributed by atoms with E-state index in [4.69, 9.17) is 5.73 Å². The molecule has 0 saturated carbocycles. The van der Waals surface area contributed by atoms with E-state index in [1.807, 2.05) is 4.90 Å². The summed E-state index contributed by atoms with van der Waals surface area (Å²) >= 11 is 0. The molecule has 0 spiro atoms. The summed E-state index contributed by atoms with van der Waals surface area (Å²) in [6, 6.07) is 6.31. The van der Waals surface area contributed by atoms with Gasteiger partial charge in [-0.05, 0) is 37.8 Å². The van der Waals surface area contributed by atoms with E-state index in [1.54, 1.807) is 19.1 Å². The van der Waals surface area contributed by atoms with Gasteiger partial charge in [-0.1, -0.05) is 12.1 Å². The number of nitro groups is 1. The quantitative estimate of drug-likeness (QED) is 0.677. The SMILES string of the molecule is CC(C(=O)N1CCC(CN)CC1)c1cccc([N+](=O)[O-])c1. The largest absolute Gasteiger partial charge is 0.342 e. The lowest BCUT2D eigenvalue weighted by Gasteiger charge is -2.33. The van der Waals surface area contributed by atoms with Crippen LogP contribution in [0.25, 0.3) is 0 Å². The van der Waals surface area contributed by atoms with E-state index in [2.05, 4.69) is 0 Å². The lowest BCUT2D eigenvalue weighted by molar-refractivity contribution is -0.384. The number of non-ortho nitro benzene ring substituents is 1. The summed E-state index contributed by atoms with van der Waals surface area (Å²) in [5, 5.41) is 10.8. The van der Waals surface area contributed by atoms with Crippen LogP contribution in [0.3, 0.4) is 0 Å². The lowest BCUT2D eigenvalue weighted by atomic mass is 9.94. The Morgan fingerprint density at radius 3 is 2.71 bits per heavy atom. The van der Waals surface area contributed by atoms with Crippen molar-refractivity contribution in [3.63, 3.8) is 0 Å². The molecule has 2 N–H and O–H groups in total. The number of hydrogen-bond donors (Lipinski definition) is 1. The van der Waals surface area contributed by atoms with Gasteiger partial charge in [0.1, 0.15) is 0 Å². The maximum atomic E-state index is 12.5. The summed E-state index contributed by atoms with van der Waals surface area (Å²) in [5.74, 6) is 0.174. The maximum absolute atomic E-state index is 12.5. The molecule has 1 aliphatic rings. The Bertz CT molecular complexity index is 525. The van der Waals surface area contributed by atoms with Crippen molar-refractivity contribution >= 4 is 11.6 Å². The van der Waals surface area contributed by atoms with Crippen LogP contribution in [-0.4, -0.2) is 35.4 Å². The molecule has 1 aromatic rings. The third-order valence-corrected chi connectivity index (χ3v) is 4.21. The second-order valence-electron chi connectivity index (χ2n) is 5.58.